The van der Waals surface area contributed by atoms with Crippen LogP contribution in [-0.2, 0) is 4.74 Å². The molecule has 5 N–H and O–H groups in total. The summed E-state index contributed by atoms with van der Waals surface area (Å²) in [5.41, 5.74) is 0.310. The minimum absolute atomic E-state index is 0.0860. The predicted molar refractivity (Wildman–Crippen MR) is 110 cm³/mol. The molecular formula is C22H35N3O4. The average molecular weight is 406 g/mol. The number of aliphatic hydroxyl groups is 3. The van der Waals surface area contributed by atoms with Gasteiger partial charge in [0, 0.05) is 25.2 Å². The number of hydrogen-bond donors (Lipinski definition) is 5. The van der Waals surface area contributed by atoms with Crippen molar-refractivity contribution >= 4 is 0 Å². The van der Waals surface area contributed by atoms with Crippen LogP contribution in [0.15, 0.2) is 24.3 Å². The molecule has 0 saturated carbocycles. The van der Waals surface area contributed by atoms with Gasteiger partial charge in [-0.2, -0.15) is 0 Å². The second kappa shape index (κ2) is 7.89. The number of hydrogen-bond acceptors (Lipinski definition) is 7. The molecule has 3 saturated heterocycles. The Kier molecular flexibility index (Phi) is 5.76. The van der Waals surface area contributed by atoms with Crippen molar-refractivity contribution in [2.24, 2.45) is 5.92 Å². The topological polar surface area (TPSA) is 97.2 Å². The van der Waals surface area contributed by atoms with Crippen molar-refractivity contribution in [1.29, 1.82) is 0 Å². The third-order valence-electron chi connectivity index (χ3n) is 7.15. The maximum atomic E-state index is 11.1. The molecule has 0 spiro atoms. The maximum Gasteiger partial charge on any atom is 0.141 e. The summed E-state index contributed by atoms with van der Waals surface area (Å²) in [6.07, 6.45) is -2.63. The number of nitrogens with one attached hydrogen (secondary N) is 2. The Morgan fingerprint density at radius 1 is 1.17 bits per heavy atom. The highest BCUT2D eigenvalue weighted by Crippen LogP contribution is 2.42. The Hall–Kier alpha value is -1.06. The summed E-state index contributed by atoms with van der Waals surface area (Å²) >= 11 is 0. The van der Waals surface area contributed by atoms with E-state index in [2.05, 4.69) is 36.3 Å². The summed E-state index contributed by atoms with van der Waals surface area (Å²) in [5, 5.41) is 39.9. The van der Waals surface area contributed by atoms with Crippen LogP contribution in [0, 0.1) is 5.92 Å². The lowest BCUT2D eigenvalue weighted by molar-refractivity contribution is -0.133. The zero-order valence-electron chi connectivity index (χ0n) is 17.7. The van der Waals surface area contributed by atoms with Crippen molar-refractivity contribution in [3.8, 4) is 0 Å². The SMILES string of the molecule is CC(C)c1ccc([C@@H](O)[C@H]2O[C@@H](N3CCC4C(C)NCNC43)[C@H](O)[C@]2(C)O)cc1. The molecule has 162 valence electrons. The summed E-state index contributed by atoms with van der Waals surface area (Å²) < 4.78 is 6.17. The van der Waals surface area contributed by atoms with E-state index in [1.165, 1.54) is 5.56 Å². The standard InChI is InChI=1S/C22H35N3O4/c1-12(2)14-5-7-15(8-6-14)17(26)19-22(4,28)18(27)21(29-19)25-10-9-16-13(3)23-11-24-20(16)25/h5-8,12-13,16-21,23-24,26-28H,9-11H2,1-4H3/t13?,16?,17-,18+,19-,20?,21-,22+/m1/s1. The second-order valence-electron chi connectivity index (χ2n) is 9.39. The molecule has 0 bridgehead atoms. The first-order valence-electron chi connectivity index (χ1n) is 10.8. The maximum absolute atomic E-state index is 11.1. The highest BCUT2D eigenvalue weighted by atomic mass is 16.6. The molecule has 3 aliphatic rings. The molecule has 0 aromatic heterocycles. The number of benzene rings is 1. The molecule has 3 unspecified atom stereocenters. The average Bonchev–Trinajstić information content (AvgIpc) is 3.22. The lowest BCUT2D eigenvalue weighted by atomic mass is 9.87. The number of likely N-dealkylation sites (tertiary alicyclic amines) is 1. The van der Waals surface area contributed by atoms with Crippen molar-refractivity contribution in [2.75, 3.05) is 13.2 Å². The monoisotopic (exact) mass is 405 g/mol. The fraction of sp³-hybridized carbons (Fsp3) is 0.727. The van der Waals surface area contributed by atoms with Crippen molar-refractivity contribution in [3.63, 3.8) is 0 Å². The molecular weight excluding hydrogens is 370 g/mol. The quantitative estimate of drug-likeness (QED) is 0.507. The lowest BCUT2D eigenvalue weighted by Gasteiger charge is -2.40. The van der Waals surface area contributed by atoms with Gasteiger partial charge in [-0.1, -0.05) is 38.1 Å². The van der Waals surface area contributed by atoms with E-state index in [9.17, 15) is 15.3 Å². The van der Waals surface area contributed by atoms with E-state index in [4.69, 9.17) is 4.74 Å². The third kappa shape index (κ3) is 3.63. The minimum Gasteiger partial charge on any atom is -0.386 e. The van der Waals surface area contributed by atoms with Crippen LogP contribution < -0.4 is 10.6 Å². The number of rotatable bonds is 4. The molecule has 8 atom stereocenters. The van der Waals surface area contributed by atoms with Gasteiger partial charge in [0.2, 0.25) is 0 Å². The van der Waals surface area contributed by atoms with E-state index < -0.39 is 30.1 Å². The van der Waals surface area contributed by atoms with Gasteiger partial charge in [0.25, 0.3) is 0 Å². The first-order chi connectivity index (χ1) is 13.7. The Morgan fingerprint density at radius 2 is 1.83 bits per heavy atom. The highest BCUT2D eigenvalue weighted by molar-refractivity contribution is 5.28. The van der Waals surface area contributed by atoms with Crippen molar-refractivity contribution in [1.82, 2.24) is 15.5 Å². The van der Waals surface area contributed by atoms with Gasteiger partial charge >= 0.3 is 0 Å². The lowest BCUT2D eigenvalue weighted by Crippen LogP contribution is -2.62. The van der Waals surface area contributed by atoms with Gasteiger partial charge in [0.15, 0.2) is 0 Å². The summed E-state index contributed by atoms with van der Waals surface area (Å²) in [5.74, 6) is 0.818. The fourth-order valence-electron chi connectivity index (χ4n) is 5.12. The zero-order chi connectivity index (χ0) is 20.9. The minimum atomic E-state index is -1.56. The molecule has 3 fully saturated rings. The summed E-state index contributed by atoms with van der Waals surface area (Å²) in [6, 6.07) is 8.12. The van der Waals surface area contributed by atoms with Crippen LogP contribution in [0.4, 0.5) is 0 Å². The zero-order valence-corrected chi connectivity index (χ0v) is 17.7. The number of fused-ring (bicyclic) bond motifs is 1. The normalized spacial score (nSPS) is 41.7. The van der Waals surface area contributed by atoms with E-state index in [-0.39, 0.29) is 6.17 Å². The van der Waals surface area contributed by atoms with Crippen LogP contribution in [0.25, 0.3) is 0 Å². The number of ether oxygens (including phenoxy) is 1. The Bertz CT molecular complexity index is 711. The highest BCUT2D eigenvalue weighted by Gasteiger charge is 2.58. The van der Waals surface area contributed by atoms with Crippen LogP contribution in [0.3, 0.4) is 0 Å². The molecule has 0 radical (unpaired) electrons. The summed E-state index contributed by atoms with van der Waals surface area (Å²) in [6.45, 7) is 9.45. The Balaban J connectivity index is 1.53. The molecule has 29 heavy (non-hydrogen) atoms. The fourth-order valence-corrected chi connectivity index (χ4v) is 5.12. The molecule has 7 nitrogen and oxygen atoms in total. The van der Waals surface area contributed by atoms with Crippen LogP contribution in [0.5, 0.6) is 0 Å². The molecule has 0 amide bonds. The molecule has 4 rings (SSSR count). The van der Waals surface area contributed by atoms with E-state index >= 15 is 0 Å². The molecule has 3 heterocycles. The van der Waals surface area contributed by atoms with Gasteiger partial charge in [-0.05, 0) is 37.3 Å². The Morgan fingerprint density at radius 3 is 2.48 bits per heavy atom. The smallest absolute Gasteiger partial charge is 0.141 e. The van der Waals surface area contributed by atoms with Gasteiger partial charge in [0.05, 0.1) is 6.17 Å². The van der Waals surface area contributed by atoms with Gasteiger partial charge in [-0.15, -0.1) is 0 Å². The van der Waals surface area contributed by atoms with Crippen LogP contribution >= 0.6 is 0 Å². The first-order valence-corrected chi connectivity index (χ1v) is 10.8. The van der Waals surface area contributed by atoms with Gasteiger partial charge in [0.1, 0.15) is 30.1 Å². The first kappa shape index (κ1) is 21.2. The van der Waals surface area contributed by atoms with E-state index in [1.54, 1.807) is 6.92 Å². The molecule has 1 aromatic rings. The van der Waals surface area contributed by atoms with Crippen LogP contribution in [-0.4, -0.2) is 69.7 Å². The Labute approximate surface area is 173 Å². The van der Waals surface area contributed by atoms with Crippen molar-refractivity contribution in [2.45, 2.75) is 82.4 Å². The van der Waals surface area contributed by atoms with Crippen LogP contribution in [0.2, 0.25) is 0 Å². The van der Waals surface area contributed by atoms with E-state index in [0.717, 1.165) is 13.0 Å². The van der Waals surface area contributed by atoms with Gasteiger partial charge in [-0.25, -0.2) is 0 Å². The van der Waals surface area contributed by atoms with E-state index in [0.29, 0.717) is 30.1 Å². The van der Waals surface area contributed by atoms with Crippen molar-refractivity contribution in [3.05, 3.63) is 35.4 Å². The second-order valence-corrected chi connectivity index (χ2v) is 9.39. The largest absolute Gasteiger partial charge is 0.386 e. The van der Waals surface area contributed by atoms with Gasteiger partial charge in [-0.3, -0.25) is 10.2 Å². The summed E-state index contributed by atoms with van der Waals surface area (Å²) in [7, 11) is 0. The van der Waals surface area contributed by atoms with Gasteiger partial charge < -0.3 is 25.4 Å². The van der Waals surface area contributed by atoms with Crippen molar-refractivity contribution < 1.29 is 20.1 Å². The number of aliphatic hydroxyl groups excluding tert-OH is 2. The molecule has 7 heteroatoms. The molecule has 1 aromatic carbocycles. The molecule has 3 aliphatic heterocycles. The molecule has 0 aliphatic carbocycles. The number of nitrogens with zero attached hydrogens (tertiary/aromatic N) is 1. The summed E-state index contributed by atoms with van der Waals surface area (Å²) in [4.78, 5) is 2.11. The predicted octanol–water partition coefficient (Wildman–Crippen LogP) is 0.867. The van der Waals surface area contributed by atoms with Crippen LogP contribution in [0.1, 0.15) is 57.3 Å². The van der Waals surface area contributed by atoms with E-state index in [1.807, 2.05) is 24.3 Å². The third-order valence-corrected chi connectivity index (χ3v) is 7.15.